The van der Waals surface area contributed by atoms with E-state index in [2.05, 4.69) is 15.0 Å². The molecule has 0 aliphatic heterocycles. The molecule has 0 saturated carbocycles. The summed E-state index contributed by atoms with van der Waals surface area (Å²) in [4.78, 5) is 17.6. The molecule has 66 valence electrons. The van der Waals surface area contributed by atoms with Crippen LogP contribution in [0.5, 0.6) is 0 Å². The maximum absolute atomic E-state index is 9.81. The molecule has 0 aromatic carbocycles. The lowest BCUT2D eigenvalue weighted by molar-refractivity contribution is -0.751. The zero-order valence-corrected chi connectivity index (χ0v) is 5.67. The number of nitrogens with one attached hydrogen (secondary N) is 1. The Bertz CT molecular complexity index is 293. The Morgan fingerprint density at radius 2 is 2.42 bits per heavy atom. The Labute approximate surface area is 65.1 Å². The molecule has 0 spiro atoms. The van der Waals surface area contributed by atoms with Crippen LogP contribution in [0.15, 0.2) is 0 Å². The third-order valence-electron chi connectivity index (χ3n) is 0.875. The molecule has 1 heterocycles. The first-order chi connectivity index (χ1) is 5.63. The fourth-order valence-corrected chi connectivity index (χ4v) is 0.495. The topological polar surface area (TPSA) is 147 Å². The number of hydrogen-bond donors (Lipinski definition) is 3. The zero-order valence-electron chi connectivity index (χ0n) is 5.67. The van der Waals surface area contributed by atoms with Crippen LogP contribution >= 0.6 is 0 Å². The van der Waals surface area contributed by atoms with Crippen LogP contribution in [-0.2, 0) is 0 Å². The highest BCUT2D eigenvalue weighted by Crippen LogP contribution is 2.00. The number of aromatic nitrogens is 3. The molecular formula is C2H5N7O3. The molecule has 10 nitrogen and oxygen atoms in total. The summed E-state index contributed by atoms with van der Waals surface area (Å²) in [5.41, 5.74) is 7.17. The highest BCUT2D eigenvalue weighted by atomic mass is 17.0. The van der Waals surface area contributed by atoms with Crippen molar-refractivity contribution in [1.29, 1.82) is 0 Å². The summed E-state index contributed by atoms with van der Waals surface area (Å²) < 4.78 is 0. The Morgan fingerprint density at radius 1 is 1.75 bits per heavy atom. The summed E-state index contributed by atoms with van der Waals surface area (Å²) in [7, 11) is 0. The van der Waals surface area contributed by atoms with Gasteiger partial charge >= 0.3 is 5.95 Å². The monoisotopic (exact) mass is 175 g/mol. The molecule has 0 fully saturated rings. The molecular weight excluding hydrogens is 170 g/mol. The summed E-state index contributed by atoms with van der Waals surface area (Å²) in [6.45, 7) is 0. The van der Waals surface area contributed by atoms with Gasteiger partial charge in [-0.3, -0.25) is 5.43 Å². The first-order valence-corrected chi connectivity index (χ1v) is 2.65. The minimum atomic E-state index is -1.08. The van der Waals surface area contributed by atoms with E-state index < -0.39 is 5.09 Å². The molecule has 0 bridgehead atoms. The van der Waals surface area contributed by atoms with Gasteiger partial charge in [-0.15, -0.1) is 4.98 Å². The quantitative estimate of drug-likeness (QED) is 0.265. The van der Waals surface area contributed by atoms with Crippen molar-refractivity contribution in [3.05, 3.63) is 10.1 Å². The van der Waals surface area contributed by atoms with E-state index in [1.165, 1.54) is 0 Å². The smallest absolute Gasteiger partial charge is 0.346 e. The van der Waals surface area contributed by atoms with Gasteiger partial charge in [0.2, 0.25) is 0 Å². The van der Waals surface area contributed by atoms with Gasteiger partial charge < -0.3 is 5.73 Å². The molecule has 12 heavy (non-hydrogen) atoms. The first kappa shape index (κ1) is 8.00. The minimum absolute atomic E-state index is 0.0747. The molecule has 1 rings (SSSR count). The molecule has 0 aliphatic rings. The van der Waals surface area contributed by atoms with Crippen molar-refractivity contribution in [1.82, 2.24) is 14.9 Å². The summed E-state index contributed by atoms with van der Waals surface area (Å²) in [6, 6.07) is 0. The number of rotatable bonds is 3. The SMILES string of the molecule is NNc1nc(N)n(O[N+](=O)[O-])n1. The van der Waals surface area contributed by atoms with Crippen LogP contribution in [0.2, 0.25) is 0 Å². The van der Waals surface area contributed by atoms with Crippen LogP contribution in [-0.4, -0.2) is 20.0 Å². The van der Waals surface area contributed by atoms with E-state index in [0.717, 1.165) is 0 Å². The van der Waals surface area contributed by atoms with Gasteiger partial charge in [0.15, 0.2) is 5.09 Å². The fraction of sp³-hybridized carbons (Fsp3) is 0. The van der Waals surface area contributed by atoms with Gasteiger partial charge in [-0.25, -0.2) is 16.0 Å². The largest absolute Gasteiger partial charge is 0.348 e. The van der Waals surface area contributed by atoms with Crippen LogP contribution in [0, 0.1) is 10.1 Å². The molecule has 0 amide bonds. The summed E-state index contributed by atoms with van der Waals surface area (Å²) in [6.07, 6.45) is 0. The molecule has 0 unspecified atom stereocenters. The van der Waals surface area contributed by atoms with Crippen LogP contribution in [0.3, 0.4) is 0 Å². The second kappa shape index (κ2) is 2.87. The normalized spacial score (nSPS) is 9.42. The number of hydrazine groups is 1. The van der Waals surface area contributed by atoms with E-state index in [-0.39, 0.29) is 11.9 Å². The standard InChI is InChI=1S/C2H5N7O3/c3-1-5-2(6-4)7-8(1)12-9(10)11/h4H2,(H3,3,5,6,7). The summed E-state index contributed by atoms with van der Waals surface area (Å²) in [5.74, 6) is 4.54. The van der Waals surface area contributed by atoms with Crippen molar-refractivity contribution in [2.24, 2.45) is 5.84 Å². The van der Waals surface area contributed by atoms with E-state index in [1.807, 2.05) is 5.43 Å². The van der Waals surface area contributed by atoms with Crippen LogP contribution in [0.25, 0.3) is 0 Å². The van der Waals surface area contributed by atoms with E-state index in [4.69, 9.17) is 11.6 Å². The second-order valence-corrected chi connectivity index (χ2v) is 1.62. The fourth-order valence-electron chi connectivity index (χ4n) is 0.495. The van der Waals surface area contributed by atoms with E-state index >= 15 is 0 Å². The lowest BCUT2D eigenvalue weighted by atomic mass is 11.0. The maximum atomic E-state index is 9.81. The van der Waals surface area contributed by atoms with E-state index in [0.29, 0.717) is 4.85 Å². The average Bonchev–Trinajstić information content (AvgIpc) is 2.31. The van der Waals surface area contributed by atoms with Gasteiger partial charge in [-0.2, -0.15) is 4.94 Å². The zero-order chi connectivity index (χ0) is 9.14. The van der Waals surface area contributed by atoms with Gasteiger partial charge in [0, 0.05) is 4.85 Å². The number of anilines is 2. The van der Waals surface area contributed by atoms with Gasteiger partial charge in [-0.05, 0) is 5.10 Å². The molecule has 10 heteroatoms. The average molecular weight is 175 g/mol. The highest BCUT2D eigenvalue weighted by Gasteiger charge is 2.12. The van der Waals surface area contributed by atoms with Gasteiger partial charge in [-0.1, -0.05) is 0 Å². The van der Waals surface area contributed by atoms with E-state index in [9.17, 15) is 10.1 Å². The Balaban J connectivity index is 2.84. The minimum Gasteiger partial charge on any atom is -0.346 e. The molecule has 0 saturated heterocycles. The van der Waals surface area contributed by atoms with Gasteiger partial charge in [0.25, 0.3) is 5.95 Å². The van der Waals surface area contributed by atoms with Crippen LogP contribution in [0.1, 0.15) is 0 Å². The lowest BCUT2D eigenvalue weighted by Gasteiger charge is -1.92. The van der Waals surface area contributed by atoms with Crippen LogP contribution in [0.4, 0.5) is 11.9 Å². The second-order valence-electron chi connectivity index (χ2n) is 1.62. The van der Waals surface area contributed by atoms with Crippen molar-refractivity contribution >= 4 is 11.9 Å². The first-order valence-electron chi connectivity index (χ1n) is 2.65. The van der Waals surface area contributed by atoms with E-state index in [1.54, 1.807) is 0 Å². The predicted molar refractivity (Wildman–Crippen MR) is 35.8 cm³/mol. The summed E-state index contributed by atoms with van der Waals surface area (Å²) in [5, 5.41) is 12.1. The number of nitrogen functional groups attached to an aromatic ring is 2. The Hall–Kier alpha value is -2.10. The van der Waals surface area contributed by atoms with Crippen molar-refractivity contribution in [2.75, 3.05) is 11.2 Å². The number of nitrogens with two attached hydrogens (primary N) is 2. The lowest BCUT2D eigenvalue weighted by Crippen LogP contribution is -2.21. The molecule has 0 aliphatic carbocycles. The number of hydrogen-bond acceptors (Lipinski definition) is 8. The van der Waals surface area contributed by atoms with Crippen molar-refractivity contribution < 1.29 is 10.0 Å². The highest BCUT2D eigenvalue weighted by molar-refractivity contribution is 5.28. The molecule has 5 N–H and O–H groups in total. The third-order valence-corrected chi connectivity index (χ3v) is 0.875. The van der Waals surface area contributed by atoms with Crippen molar-refractivity contribution in [3.8, 4) is 0 Å². The predicted octanol–water partition coefficient (Wildman–Crippen LogP) is -2.23. The molecule has 1 aromatic heterocycles. The van der Waals surface area contributed by atoms with Gasteiger partial charge in [0.1, 0.15) is 0 Å². The maximum Gasteiger partial charge on any atom is 0.348 e. The Kier molecular flexibility index (Phi) is 1.92. The molecule has 1 aromatic rings. The van der Waals surface area contributed by atoms with Gasteiger partial charge in [0.05, 0.1) is 0 Å². The third kappa shape index (κ3) is 1.49. The van der Waals surface area contributed by atoms with Crippen molar-refractivity contribution in [2.45, 2.75) is 0 Å². The molecule has 0 atom stereocenters. The van der Waals surface area contributed by atoms with Crippen LogP contribution < -0.4 is 21.9 Å². The Morgan fingerprint density at radius 3 is 2.83 bits per heavy atom. The molecule has 0 radical (unpaired) electrons. The van der Waals surface area contributed by atoms with Crippen molar-refractivity contribution in [3.63, 3.8) is 0 Å². The number of nitrogens with zero attached hydrogens (tertiary/aromatic N) is 4. The summed E-state index contributed by atoms with van der Waals surface area (Å²) >= 11 is 0.